The van der Waals surface area contributed by atoms with E-state index in [4.69, 9.17) is 0 Å². The minimum atomic E-state index is -0.165. The number of thioether (sulfide) groups is 1. The lowest BCUT2D eigenvalue weighted by Gasteiger charge is -1.95. The second-order valence-corrected chi connectivity index (χ2v) is 2.54. The Hall–Kier alpha value is -0.800. The van der Waals surface area contributed by atoms with Crippen LogP contribution in [0.4, 0.5) is 4.79 Å². The molecule has 0 saturated heterocycles. The van der Waals surface area contributed by atoms with Crippen LogP contribution in [-0.2, 0) is 4.79 Å². The number of aliphatic imine (C=N–C) groups is 1. The Morgan fingerprint density at radius 2 is 2.50 bits per heavy atom. The van der Waals surface area contributed by atoms with E-state index < -0.39 is 0 Å². The molecule has 4 nitrogen and oxygen atoms in total. The first-order valence-corrected chi connectivity index (χ1v) is 3.74. The molecule has 1 amide bonds. The van der Waals surface area contributed by atoms with Crippen molar-refractivity contribution in [2.75, 3.05) is 12.4 Å². The van der Waals surface area contributed by atoms with Crippen LogP contribution in [0.5, 0.6) is 0 Å². The molecular formula is C5H8N2O2S. The summed E-state index contributed by atoms with van der Waals surface area (Å²) >= 11 is 1.14. The van der Waals surface area contributed by atoms with Crippen molar-refractivity contribution in [3.63, 3.8) is 0 Å². The minimum absolute atomic E-state index is 0.0231. The molecule has 0 fully saturated rings. The summed E-state index contributed by atoms with van der Waals surface area (Å²) in [5, 5.41) is 2.21. The highest BCUT2D eigenvalue weighted by molar-refractivity contribution is 8.13. The predicted octanol–water partition coefficient (Wildman–Crippen LogP) is 0.742. The molecule has 5 heteroatoms. The van der Waals surface area contributed by atoms with E-state index in [0.29, 0.717) is 0 Å². The lowest BCUT2D eigenvalue weighted by molar-refractivity contribution is 0.261. The van der Waals surface area contributed by atoms with Crippen molar-refractivity contribution in [1.29, 1.82) is 0 Å². The van der Waals surface area contributed by atoms with Crippen LogP contribution < -0.4 is 5.32 Å². The molecule has 0 aliphatic rings. The van der Waals surface area contributed by atoms with Gasteiger partial charge in [0.2, 0.25) is 6.08 Å². The van der Waals surface area contributed by atoms with Gasteiger partial charge in [0, 0.05) is 0 Å². The van der Waals surface area contributed by atoms with E-state index in [1.165, 1.54) is 6.08 Å². The van der Waals surface area contributed by atoms with Crippen LogP contribution in [0.25, 0.3) is 0 Å². The highest BCUT2D eigenvalue weighted by Crippen LogP contribution is 1.97. The lowest BCUT2D eigenvalue weighted by atomic mass is 11.0. The van der Waals surface area contributed by atoms with Crippen molar-refractivity contribution in [2.24, 2.45) is 4.99 Å². The fraction of sp³-hybridized carbons (Fsp3) is 0.600. The van der Waals surface area contributed by atoms with Crippen LogP contribution in [0, 0.1) is 0 Å². The zero-order valence-corrected chi connectivity index (χ0v) is 6.40. The molecule has 1 N–H and O–H groups in total. The molecule has 0 aromatic rings. The van der Waals surface area contributed by atoms with Gasteiger partial charge in [0.25, 0.3) is 5.24 Å². The molecule has 0 spiro atoms. The van der Waals surface area contributed by atoms with Crippen molar-refractivity contribution in [2.45, 2.75) is 6.92 Å². The lowest BCUT2D eigenvalue weighted by Crippen LogP contribution is -2.18. The predicted molar refractivity (Wildman–Crippen MR) is 39.7 cm³/mol. The van der Waals surface area contributed by atoms with Gasteiger partial charge in [-0.15, -0.1) is 0 Å². The number of carbonyl (C=O) groups excluding carboxylic acids is 2. The van der Waals surface area contributed by atoms with Gasteiger partial charge < -0.3 is 5.32 Å². The van der Waals surface area contributed by atoms with Gasteiger partial charge in [-0.05, 0) is 5.75 Å². The highest BCUT2D eigenvalue weighted by Gasteiger charge is 1.95. The van der Waals surface area contributed by atoms with E-state index in [2.05, 4.69) is 10.3 Å². The van der Waals surface area contributed by atoms with Crippen molar-refractivity contribution >= 4 is 23.1 Å². The number of amides is 1. The Morgan fingerprint density at radius 3 is 3.00 bits per heavy atom. The smallest absolute Gasteiger partial charge is 0.280 e. The minimum Gasteiger partial charge on any atom is -0.327 e. The number of hydrogen-bond donors (Lipinski definition) is 1. The van der Waals surface area contributed by atoms with Gasteiger partial charge in [0.15, 0.2) is 0 Å². The summed E-state index contributed by atoms with van der Waals surface area (Å²) in [6.45, 7) is 1.89. The third-order valence-electron chi connectivity index (χ3n) is 0.642. The number of nitrogens with zero attached hydrogens (tertiary/aromatic N) is 1. The van der Waals surface area contributed by atoms with Crippen LogP contribution in [-0.4, -0.2) is 23.7 Å². The average Bonchev–Trinajstić information content (AvgIpc) is 1.89. The largest absolute Gasteiger partial charge is 0.327 e. The summed E-state index contributed by atoms with van der Waals surface area (Å²) in [5.74, 6) is 0.719. The van der Waals surface area contributed by atoms with Gasteiger partial charge in [-0.25, -0.2) is 4.79 Å². The molecule has 0 aliphatic carbocycles. The normalized spacial score (nSPS) is 8.10. The van der Waals surface area contributed by atoms with E-state index in [1.807, 2.05) is 6.92 Å². The Bertz CT molecular complexity index is 154. The molecule has 0 unspecified atom stereocenters. The van der Waals surface area contributed by atoms with E-state index in [1.54, 1.807) is 0 Å². The topological polar surface area (TPSA) is 58.5 Å². The number of hydrogen-bond acceptors (Lipinski definition) is 4. The van der Waals surface area contributed by atoms with Crippen LogP contribution in [0.15, 0.2) is 4.99 Å². The van der Waals surface area contributed by atoms with Gasteiger partial charge in [0.05, 0.1) is 0 Å². The maximum atomic E-state index is 10.6. The summed E-state index contributed by atoms with van der Waals surface area (Å²) in [5.41, 5.74) is 0. The van der Waals surface area contributed by atoms with Crippen molar-refractivity contribution < 1.29 is 9.59 Å². The standard InChI is InChI=1S/C5H8N2O2S/c1-2-10-5(9)7-3-6-4-8/h2-3H2,1H3,(H,7,9). The molecule has 0 bridgehead atoms. The van der Waals surface area contributed by atoms with Gasteiger partial charge >= 0.3 is 0 Å². The average molecular weight is 160 g/mol. The monoisotopic (exact) mass is 160 g/mol. The van der Waals surface area contributed by atoms with Crippen molar-refractivity contribution in [3.05, 3.63) is 0 Å². The first kappa shape index (κ1) is 9.20. The van der Waals surface area contributed by atoms with Crippen LogP contribution in [0.2, 0.25) is 0 Å². The number of rotatable bonds is 3. The molecule has 0 aromatic heterocycles. The molecule has 0 atom stereocenters. The molecule has 10 heavy (non-hydrogen) atoms. The van der Waals surface area contributed by atoms with Crippen molar-refractivity contribution in [3.8, 4) is 0 Å². The Morgan fingerprint density at radius 1 is 1.80 bits per heavy atom. The number of isocyanates is 1. The van der Waals surface area contributed by atoms with Crippen LogP contribution in [0.3, 0.4) is 0 Å². The maximum absolute atomic E-state index is 10.6. The van der Waals surface area contributed by atoms with Gasteiger partial charge in [-0.1, -0.05) is 18.7 Å². The molecule has 0 rings (SSSR count). The molecule has 56 valence electrons. The summed E-state index contributed by atoms with van der Waals surface area (Å²) in [6, 6.07) is 0. The summed E-state index contributed by atoms with van der Waals surface area (Å²) < 4.78 is 0. The fourth-order valence-electron chi connectivity index (χ4n) is 0.318. The molecule has 0 aromatic carbocycles. The first-order chi connectivity index (χ1) is 4.81. The van der Waals surface area contributed by atoms with E-state index in [-0.39, 0.29) is 11.9 Å². The van der Waals surface area contributed by atoms with E-state index in [9.17, 15) is 9.59 Å². The van der Waals surface area contributed by atoms with Gasteiger partial charge in [-0.3, -0.25) is 4.79 Å². The number of nitrogens with one attached hydrogen (secondary N) is 1. The van der Waals surface area contributed by atoms with E-state index >= 15 is 0 Å². The molecular weight excluding hydrogens is 152 g/mol. The Kier molecular flexibility index (Phi) is 5.82. The second-order valence-electron chi connectivity index (χ2n) is 1.30. The second kappa shape index (κ2) is 6.32. The first-order valence-electron chi connectivity index (χ1n) is 2.75. The maximum Gasteiger partial charge on any atom is 0.280 e. The van der Waals surface area contributed by atoms with Crippen LogP contribution in [0.1, 0.15) is 6.92 Å². The summed E-state index contributed by atoms with van der Waals surface area (Å²) in [6.07, 6.45) is 1.32. The van der Waals surface area contributed by atoms with Crippen molar-refractivity contribution in [1.82, 2.24) is 5.32 Å². The third-order valence-corrected chi connectivity index (χ3v) is 1.34. The van der Waals surface area contributed by atoms with Gasteiger partial charge in [-0.2, -0.15) is 4.99 Å². The summed E-state index contributed by atoms with van der Waals surface area (Å²) in [4.78, 5) is 23.2. The number of carbonyl (C=O) groups is 1. The Labute approximate surface area is 63.1 Å². The quantitative estimate of drug-likeness (QED) is 0.489. The zero-order valence-electron chi connectivity index (χ0n) is 5.59. The van der Waals surface area contributed by atoms with Gasteiger partial charge in [0.1, 0.15) is 6.67 Å². The highest BCUT2D eigenvalue weighted by atomic mass is 32.2. The van der Waals surface area contributed by atoms with E-state index in [0.717, 1.165) is 17.5 Å². The fourth-order valence-corrected chi connectivity index (χ4v) is 0.747. The molecule has 0 radical (unpaired) electrons. The SMILES string of the molecule is CCSC(=O)NCN=C=O. The van der Waals surface area contributed by atoms with Crippen LogP contribution >= 0.6 is 11.8 Å². The zero-order chi connectivity index (χ0) is 7.82. The Balaban J connectivity index is 3.30. The summed E-state index contributed by atoms with van der Waals surface area (Å²) in [7, 11) is 0. The molecule has 0 aliphatic heterocycles. The third kappa shape index (κ3) is 5.34. The molecule has 0 saturated carbocycles. The molecule has 0 heterocycles.